The van der Waals surface area contributed by atoms with E-state index < -0.39 is 17.9 Å². The molecular formula is C17H12Cl2N2O4. The van der Waals surface area contributed by atoms with E-state index in [2.05, 4.69) is 5.32 Å². The second-order valence-electron chi connectivity index (χ2n) is 5.44. The Kier molecular flexibility index (Phi) is 4.65. The van der Waals surface area contributed by atoms with Crippen LogP contribution in [0.15, 0.2) is 42.5 Å². The molecule has 2 aromatic rings. The van der Waals surface area contributed by atoms with Crippen molar-refractivity contribution >= 4 is 52.4 Å². The molecule has 8 heteroatoms. The van der Waals surface area contributed by atoms with Crippen LogP contribution in [0.5, 0.6) is 0 Å². The van der Waals surface area contributed by atoms with Gasteiger partial charge in [0.05, 0.1) is 28.4 Å². The largest absolute Gasteiger partial charge is 0.478 e. The number of halogens is 2. The van der Waals surface area contributed by atoms with Crippen LogP contribution >= 0.6 is 23.2 Å². The van der Waals surface area contributed by atoms with E-state index in [-0.39, 0.29) is 17.9 Å². The van der Waals surface area contributed by atoms with E-state index in [9.17, 15) is 14.4 Å². The molecule has 0 aliphatic carbocycles. The number of carbonyl (C=O) groups is 3. The van der Waals surface area contributed by atoms with E-state index >= 15 is 0 Å². The minimum absolute atomic E-state index is 0.0293. The van der Waals surface area contributed by atoms with Crippen LogP contribution in [0.2, 0.25) is 10.0 Å². The van der Waals surface area contributed by atoms with Crippen molar-refractivity contribution in [2.75, 3.05) is 10.2 Å². The molecule has 0 aromatic heterocycles. The van der Waals surface area contributed by atoms with Gasteiger partial charge in [-0.1, -0.05) is 23.2 Å². The van der Waals surface area contributed by atoms with Gasteiger partial charge in [0.15, 0.2) is 0 Å². The van der Waals surface area contributed by atoms with Crippen LogP contribution in [-0.4, -0.2) is 28.9 Å². The first-order valence-corrected chi connectivity index (χ1v) is 8.04. The Hall–Kier alpha value is -2.57. The zero-order chi connectivity index (χ0) is 18.1. The first-order valence-electron chi connectivity index (χ1n) is 7.28. The van der Waals surface area contributed by atoms with Crippen LogP contribution in [-0.2, 0) is 9.59 Å². The van der Waals surface area contributed by atoms with E-state index in [1.165, 1.54) is 30.3 Å². The van der Waals surface area contributed by atoms with Gasteiger partial charge in [0.25, 0.3) is 5.91 Å². The number of nitrogens with one attached hydrogen (secondary N) is 1. The summed E-state index contributed by atoms with van der Waals surface area (Å²) in [5.41, 5.74) is 0.900. The second-order valence-corrected chi connectivity index (χ2v) is 6.29. The summed E-state index contributed by atoms with van der Waals surface area (Å²) in [5, 5.41) is 12.7. The molecule has 0 bridgehead atoms. The highest BCUT2D eigenvalue weighted by molar-refractivity contribution is 6.36. The van der Waals surface area contributed by atoms with E-state index in [1.807, 2.05) is 0 Å². The van der Waals surface area contributed by atoms with Gasteiger partial charge in [-0.15, -0.1) is 0 Å². The third-order valence-electron chi connectivity index (χ3n) is 3.78. The fourth-order valence-electron chi connectivity index (χ4n) is 2.56. The van der Waals surface area contributed by atoms with Crippen molar-refractivity contribution in [1.29, 1.82) is 0 Å². The lowest BCUT2D eigenvalue weighted by Crippen LogP contribution is -2.34. The Labute approximate surface area is 153 Å². The lowest BCUT2D eigenvalue weighted by molar-refractivity contribution is -0.121. The first kappa shape index (κ1) is 17.3. The molecule has 0 spiro atoms. The summed E-state index contributed by atoms with van der Waals surface area (Å²) < 4.78 is 0. The Morgan fingerprint density at radius 2 is 1.80 bits per heavy atom. The van der Waals surface area contributed by atoms with Gasteiger partial charge in [0.2, 0.25) is 5.91 Å². The van der Waals surface area contributed by atoms with Crippen LogP contribution in [0, 0.1) is 0 Å². The summed E-state index contributed by atoms with van der Waals surface area (Å²) in [6, 6.07) is 9.57. The lowest BCUT2D eigenvalue weighted by Gasteiger charge is -2.17. The maximum atomic E-state index is 12.6. The molecule has 1 saturated heterocycles. The van der Waals surface area contributed by atoms with Crippen LogP contribution in [0.4, 0.5) is 11.4 Å². The number of hydrogen-bond donors (Lipinski definition) is 2. The molecule has 6 nitrogen and oxygen atoms in total. The van der Waals surface area contributed by atoms with Gasteiger partial charge in [-0.3, -0.25) is 9.59 Å². The molecule has 0 radical (unpaired) electrons. The van der Waals surface area contributed by atoms with Crippen molar-refractivity contribution in [1.82, 2.24) is 0 Å². The number of amides is 2. The topological polar surface area (TPSA) is 86.7 Å². The van der Waals surface area contributed by atoms with Crippen LogP contribution in [0.3, 0.4) is 0 Å². The Bertz CT molecular complexity index is 867. The minimum Gasteiger partial charge on any atom is -0.478 e. The number of carbonyl (C=O) groups excluding carboxylic acids is 2. The van der Waals surface area contributed by atoms with Crippen LogP contribution in [0.1, 0.15) is 16.8 Å². The van der Waals surface area contributed by atoms with Crippen molar-refractivity contribution in [2.24, 2.45) is 0 Å². The molecule has 25 heavy (non-hydrogen) atoms. The molecule has 1 aliphatic rings. The highest BCUT2D eigenvalue weighted by atomic mass is 35.5. The van der Waals surface area contributed by atoms with Crippen molar-refractivity contribution < 1.29 is 19.5 Å². The predicted molar refractivity (Wildman–Crippen MR) is 94.4 cm³/mol. The number of anilines is 2. The van der Waals surface area contributed by atoms with E-state index in [0.717, 1.165) is 4.90 Å². The smallest absolute Gasteiger partial charge is 0.335 e. The number of nitrogens with zero attached hydrogens (tertiary/aromatic N) is 1. The van der Waals surface area contributed by atoms with E-state index in [1.54, 1.807) is 12.1 Å². The monoisotopic (exact) mass is 378 g/mol. The summed E-state index contributed by atoms with van der Waals surface area (Å²) in [7, 11) is 0. The molecule has 1 atom stereocenters. The van der Waals surface area contributed by atoms with Gasteiger partial charge < -0.3 is 10.4 Å². The molecular weight excluding hydrogens is 367 g/mol. The van der Waals surface area contributed by atoms with Crippen molar-refractivity contribution in [3.05, 3.63) is 58.1 Å². The number of hydrogen-bond acceptors (Lipinski definition) is 4. The maximum Gasteiger partial charge on any atom is 0.335 e. The number of imide groups is 1. The lowest BCUT2D eigenvalue weighted by atomic mass is 10.2. The van der Waals surface area contributed by atoms with E-state index in [0.29, 0.717) is 21.4 Å². The number of carboxylic acids is 1. The average molecular weight is 379 g/mol. The summed E-state index contributed by atoms with van der Waals surface area (Å²) in [6.07, 6.45) is -0.0293. The average Bonchev–Trinajstić information content (AvgIpc) is 2.84. The molecule has 2 amide bonds. The Balaban J connectivity index is 1.81. The molecule has 0 saturated carbocycles. The number of aromatic carboxylic acids is 1. The van der Waals surface area contributed by atoms with Crippen molar-refractivity contribution in [3.8, 4) is 0 Å². The highest BCUT2D eigenvalue weighted by Crippen LogP contribution is 2.29. The molecule has 128 valence electrons. The Morgan fingerprint density at radius 3 is 2.40 bits per heavy atom. The number of benzene rings is 2. The fourth-order valence-corrected chi connectivity index (χ4v) is 3.03. The normalized spacial score (nSPS) is 17.0. The van der Waals surface area contributed by atoms with Gasteiger partial charge in [0.1, 0.15) is 6.04 Å². The van der Waals surface area contributed by atoms with Crippen molar-refractivity contribution in [2.45, 2.75) is 12.5 Å². The molecule has 1 aliphatic heterocycles. The standard InChI is InChI=1S/C17H12Cl2N2O4/c18-10-3-6-13(12(19)7-10)20-14-8-15(22)21(16(14)23)11-4-1-9(2-5-11)17(24)25/h1-7,14,20H,8H2,(H,24,25)/t14-/m0/s1. The van der Waals surface area contributed by atoms with Crippen LogP contribution in [0.25, 0.3) is 0 Å². The van der Waals surface area contributed by atoms with Gasteiger partial charge in [0, 0.05) is 5.02 Å². The maximum absolute atomic E-state index is 12.6. The minimum atomic E-state index is -1.08. The highest BCUT2D eigenvalue weighted by Gasteiger charge is 2.39. The molecule has 3 rings (SSSR count). The van der Waals surface area contributed by atoms with Gasteiger partial charge in [-0.2, -0.15) is 0 Å². The number of rotatable bonds is 4. The van der Waals surface area contributed by atoms with Crippen molar-refractivity contribution in [3.63, 3.8) is 0 Å². The fraction of sp³-hybridized carbons (Fsp3) is 0.118. The summed E-state index contributed by atoms with van der Waals surface area (Å²) in [6.45, 7) is 0. The summed E-state index contributed by atoms with van der Waals surface area (Å²) in [4.78, 5) is 36.7. The quantitative estimate of drug-likeness (QED) is 0.795. The summed E-state index contributed by atoms with van der Waals surface area (Å²) in [5.74, 6) is -1.89. The number of carboxylic acid groups (broad SMARTS) is 1. The second kappa shape index (κ2) is 6.74. The Morgan fingerprint density at radius 1 is 1.12 bits per heavy atom. The third kappa shape index (κ3) is 3.45. The third-order valence-corrected chi connectivity index (χ3v) is 4.33. The summed E-state index contributed by atoms with van der Waals surface area (Å²) >= 11 is 11.9. The molecule has 1 heterocycles. The molecule has 2 N–H and O–H groups in total. The van der Waals surface area contributed by atoms with Gasteiger partial charge in [-0.25, -0.2) is 9.69 Å². The van der Waals surface area contributed by atoms with Crippen LogP contribution < -0.4 is 10.2 Å². The molecule has 1 fully saturated rings. The van der Waals surface area contributed by atoms with E-state index in [4.69, 9.17) is 28.3 Å². The SMILES string of the molecule is O=C(O)c1ccc(N2C(=O)C[C@H](Nc3ccc(Cl)cc3Cl)C2=O)cc1. The zero-order valence-electron chi connectivity index (χ0n) is 12.7. The molecule has 0 unspecified atom stereocenters. The van der Waals surface area contributed by atoms with Gasteiger partial charge >= 0.3 is 5.97 Å². The van der Waals surface area contributed by atoms with Gasteiger partial charge in [-0.05, 0) is 42.5 Å². The predicted octanol–water partition coefficient (Wildman–Crippen LogP) is 3.44. The first-order chi connectivity index (χ1) is 11.9. The zero-order valence-corrected chi connectivity index (χ0v) is 14.2. The molecule has 2 aromatic carbocycles.